The predicted molar refractivity (Wildman–Crippen MR) is 62.7 cm³/mol. The molecule has 6 nitrogen and oxygen atoms in total. The highest BCUT2D eigenvalue weighted by Gasteiger charge is 2.55. The average molecular weight is 256 g/mol. The Bertz CT molecular complexity index is 334. The van der Waals surface area contributed by atoms with E-state index in [1.807, 2.05) is 0 Å². The zero-order chi connectivity index (χ0) is 14.2. The molecule has 6 heteroatoms. The summed E-state index contributed by atoms with van der Waals surface area (Å²) in [5, 5.41) is 9.11. The maximum absolute atomic E-state index is 11.7. The molecule has 18 heavy (non-hydrogen) atoms. The first-order valence-corrected chi connectivity index (χ1v) is 5.27. The summed E-state index contributed by atoms with van der Waals surface area (Å²) in [6.45, 7) is 7.68. The van der Waals surface area contributed by atoms with Crippen LogP contribution in [0.5, 0.6) is 0 Å². The topological polar surface area (TPSA) is 89.9 Å². The number of hydrogen-bond donors (Lipinski definition) is 1. The molecule has 0 heterocycles. The Balaban J connectivity index is 5.20. The number of carboxylic acids is 1. The molecule has 0 fully saturated rings. The summed E-state index contributed by atoms with van der Waals surface area (Å²) in [6.07, 6.45) is 2.28. The molecule has 0 unspecified atom stereocenters. The van der Waals surface area contributed by atoms with Crippen LogP contribution in [0.1, 0.15) is 13.3 Å². The van der Waals surface area contributed by atoms with Gasteiger partial charge in [0.15, 0.2) is 0 Å². The summed E-state index contributed by atoms with van der Waals surface area (Å²) in [5.41, 5.74) is -2.34. The molecule has 0 saturated carbocycles. The van der Waals surface area contributed by atoms with E-state index in [0.29, 0.717) is 0 Å². The highest BCUT2D eigenvalue weighted by Crippen LogP contribution is 2.26. The Morgan fingerprint density at radius 3 is 1.72 bits per heavy atom. The third kappa shape index (κ3) is 3.19. The second-order valence-corrected chi connectivity index (χ2v) is 3.34. The van der Waals surface area contributed by atoms with Crippen molar-refractivity contribution in [2.24, 2.45) is 5.41 Å². The van der Waals surface area contributed by atoms with Crippen molar-refractivity contribution in [1.29, 1.82) is 0 Å². The zero-order valence-corrected chi connectivity index (χ0v) is 10.2. The van der Waals surface area contributed by atoms with Crippen LogP contribution in [0.15, 0.2) is 25.3 Å². The molecule has 100 valence electrons. The van der Waals surface area contributed by atoms with Gasteiger partial charge in [0.2, 0.25) is 0 Å². The van der Waals surface area contributed by atoms with Crippen molar-refractivity contribution < 1.29 is 29.0 Å². The maximum atomic E-state index is 11.7. The highest BCUT2D eigenvalue weighted by atomic mass is 16.6. The molecular formula is C12H16O6. The molecule has 0 saturated heterocycles. The standard InChI is InChI=1S/C12H16O6/c1-4-7-17-10(15)12(6-3,9(13)14)11(16)18-8-5-2/h4-5H,1-2,6-8H2,3H3,(H,13,14). The lowest BCUT2D eigenvalue weighted by molar-refractivity contribution is -0.180. The van der Waals surface area contributed by atoms with Crippen molar-refractivity contribution in [3.63, 3.8) is 0 Å². The second kappa shape index (κ2) is 7.26. The zero-order valence-electron chi connectivity index (χ0n) is 10.2. The van der Waals surface area contributed by atoms with Crippen LogP contribution in [0.4, 0.5) is 0 Å². The van der Waals surface area contributed by atoms with Crippen molar-refractivity contribution in [1.82, 2.24) is 0 Å². The molecule has 0 aromatic carbocycles. The van der Waals surface area contributed by atoms with Crippen LogP contribution in [0.25, 0.3) is 0 Å². The minimum Gasteiger partial charge on any atom is -0.480 e. The fourth-order valence-electron chi connectivity index (χ4n) is 1.21. The van der Waals surface area contributed by atoms with Crippen molar-refractivity contribution >= 4 is 17.9 Å². The minimum atomic E-state index is -2.34. The number of rotatable bonds is 8. The number of hydrogen-bond acceptors (Lipinski definition) is 5. The number of carboxylic acid groups (broad SMARTS) is 1. The Hall–Kier alpha value is -2.11. The van der Waals surface area contributed by atoms with Crippen LogP contribution in [0.3, 0.4) is 0 Å². The van der Waals surface area contributed by atoms with Gasteiger partial charge >= 0.3 is 17.9 Å². The first-order chi connectivity index (χ1) is 8.47. The molecule has 0 spiro atoms. The van der Waals surface area contributed by atoms with Crippen LogP contribution in [0.2, 0.25) is 0 Å². The largest absolute Gasteiger partial charge is 0.480 e. The summed E-state index contributed by atoms with van der Waals surface area (Å²) in [6, 6.07) is 0. The van der Waals surface area contributed by atoms with E-state index < -0.39 is 23.3 Å². The normalized spacial score (nSPS) is 10.3. The van der Waals surface area contributed by atoms with Crippen LogP contribution in [0, 0.1) is 5.41 Å². The Morgan fingerprint density at radius 1 is 1.11 bits per heavy atom. The second-order valence-electron chi connectivity index (χ2n) is 3.34. The number of carbonyl (C=O) groups excluding carboxylic acids is 2. The lowest BCUT2D eigenvalue weighted by Crippen LogP contribution is -2.48. The fourth-order valence-corrected chi connectivity index (χ4v) is 1.21. The Kier molecular flexibility index (Phi) is 6.41. The number of esters is 2. The lowest BCUT2D eigenvalue weighted by atomic mass is 9.85. The van der Waals surface area contributed by atoms with Gasteiger partial charge in [-0.05, 0) is 6.42 Å². The van der Waals surface area contributed by atoms with Gasteiger partial charge < -0.3 is 14.6 Å². The van der Waals surface area contributed by atoms with E-state index in [1.54, 1.807) is 0 Å². The van der Waals surface area contributed by atoms with Crippen LogP contribution in [-0.2, 0) is 23.9 Å². The van der Waals surface area contributed by atoms with Crippen LogP contribution < -0.4 is 0 Å². The fraction of sp³-hybridized carbons (Fsp3) is 0.417. The van der Waals surface area contributed by atoms with Crippen LogP contribution in [-0.4, -0.2) is 36.2 Å². The average Bonchev–Trinajstić information content (AvgIpc) is 2.34. The third-order valence-corrected chi connectivity index (χ3v) is 2.26. The molecule has 0 rings (SSSR count). The molecule has 1 N–H and O–H groups in total. The SMILES string of the molecule is C=CCOC(=O)C(CC)(C(=O)O)C(=O)OCC=C. The smallest absolute Gasteiger partial charge is 0.335 e. The van der Waals surface area contributed by atoms with E-state index in [1.165, 1.54) is 19.1 Å². The summed E-state index contributed by atoms with van der Waals surface area (Å²) in [4.78, 5) is 34.7. The van der Waals surface area contributed by atoms with Gasteiger partial charge in [0.05, 0.1) is 0 Å². The number of aliphatic carboxylic acids is 1. The maximum Gasteiger partial charge on any atom is 0.335 e. The Labute approximate surface area is 105 Å². The predicted octanol–water partition coefficient (Wildman–Crippen LogP) is 0.926. The highest BCUT2D eigenvalue weighted by molar-refractivity contribution is 6.17. The van der Waals surface area contributed by atoms with Crippen LogP contribution >= 0.6 is 0 Å². The van der Waals surface area contributed by atoms with Gasteiger partial charge in [-0.15, -0.1) is 0 Å². The summed E-state index contributed by atoms with van der Waals surface area (Å²) >= 11 is 0. The first kappa shape index (κ1) is 15.9. The molecule has 0 radical (unpaired) electrons. The van der Waals surface area contributed by atoms with Gasteiger partial charge in [-0.25, -0.2) is 0 Å². The van der Waals surface area contributed by atoms with E-state index in [-0.39, 0.29) is 19.6 Å². The first-order valence-electron chi connectivity index (χ1n) is 5.27. The van der Waals surface area contributed by atoms with E-state index in [4.69, 9.17) is 5.11 Å². The molecular weight excluding hydrogens is 240 g/mol. The number of ether oxygens (including phenoxy) is 2. The molecule has 0 aromatic heterocycles. The van der Waals surface area contributed by atoms with Gasteiger partial charge in [-0.2, -0.15) is 0 Å². The van der Waals surface area contributed by atoms with Gasteiger partial charge in [-0.3, -0.25) is 14.4 Å². The molecule has 0 aliphatic carbocycles. The molecule has 0 aromatic rings. The van der Waals surface area contributed by atoms with E-state index >= 15 is 0 Å². The minimum absolute atomic E-state index is 0.178. The quantitative estimate of drug-likeness (QED) is 0.394. The van der Waals surface area contributed by atoms with E-state index in [9.17, 15) is 14.4 Å². The van der Waals surface area contributed by atoms with Gasteiger partial charge in [0.25, 0.3) is 5.41 Å². The Morgan fingerprint density at radius 2 is 1.50 bits per heavy atom. The molecule has 0 atom stereocenters. The van der Waals surface area contributed by atoms with Gasteiger partial charge in [0, 0.05) is 0 Å². The molecule has 0 aliphatic rings. The third-order valence-electron chi connectivity index (χ3n) is 2.26. The van der Waals surface area contributed by atoms with Gasteiger partial charge in [0.1, 0.15) is 13.2 Å². The summed E-state index contributed by atoms with van der Waals surface area (Å²) in [5.74, 6) is -3.92. The molecule has 0 bridgehead atoms. The van der Waals surface area contributed by atoms with E-state index in [0.717, 1.165) is 0 Å². The summed E-state index contributed by atoms with van der Waals surface area (Å²) in [7, 11) is 0. The molecule has 0 aliphatic heterocycles. The molecule has 0 amide bonds. The van der Waals surface area contributed by atoms with Crippen molar-refractivity contribution in [2.75, 3.05) is 13.2 Å². The number of carbonyl (C=O) groups is 3. The van der Waals surface area contributed by atoms with Crippen molar-refractivity contribution in [3.05, 3.63) is 25.3 Å². The van der Waals surface area contributed by atoms with Crippen molar-refractivity contribution in [3.8, 4) is 0 Å². The summed E-state index contributed by atoms with van der Waals surface area (Å²) < 4.78 is 9.29. The lowest BCUT2D eigenvalue weighted by Gasteiger charge is -2.23. The monoisotopic (exact) mass is 256 g/mol. The van der Waals surface area contributed by atoms with Crippen molar-refractivity contribution in [2.45, 2.75) is 13.3 Å². The van der Waals surface area contributed by atoms with Gasteiger partial charge in [-0.1, -0.05) is 32.2 Å². The van der Waals surface area contributed by atoms with E-state index in [2.05, 4.69) is 22.6 Å².